The average Bonchev–Trinajstić information content (AvgIpc) is 2.97. The van der Waals surface area contributed by atoms with Gasteiger partial charge in [0.15, 0.2) is 0 Å². The van der Waals surface area contributed by atoms with Crippen molar-refractivity contribution in [2.24, 2.45) is 0 Å². The second-order valence-corrected chi connectivity index (χ2v) is 9.34. The summed E-state index contributed by atoms with van der Waals surface area (Å²) in [5.41, 5.74) is 5.29. The van der Waals surface area contributed by atoms with Gasteiger partial charge >= 0.3 is 5.97 Å². The molecule has 158 valence electrons. The number of ether oxygens (including phenoxy) is 1. The summed E-state index contributed by atoms with van der Waals surface area (Å²) < 4.78 is 30.9. The van der Waals surface area contributed by atoms with Gasteiger partial charge in [-0.25, -0.2) is 4.39 Å². The Kier molecular flexibility index (Phi) is 7.78. The van der Waals surface area contributed by atoms with Crippen LogP contribution in [0.1, 0.15) is 42.9 Å². The first-order valence-corrected chi connectivity index (χ1v) is 12.5. The van der Waals surface area contributed by atoms with Crippen LogP contribution in [0.25, 0.3) is 17.2 Å². The zero-order valence-electron chi connectivity index (χ0n) is 17.0. The SMILES string of the molecule is CC1=C(CC(=O)OCCCCBr)c2cc(F)ccc2/C1=C/c1ccc(S(C)=O)cc1. The summed E-state index contributed by atoms with van der Waals surface area (Å²) >= 11 is 3.36. The lowest BCUT2D eigenvalue weighted by Gasteiger charge is -2.07. The molecular weight excluding hydrogens is 467 g/mol. The van der Waals surface area contributed by atoms with Crippen LogP contribution in [-0.2, 0) is 20.3 Å². The van der Waals surface area contributed by atoms with Crippen molar-refractivity contribution < 1.29 is 18.1 Å². The summed E-state index contributed by atoms with van der Waals surface area (Å²) in [4.78, 5) is 13.1. The molecule has 0 radical (unpaired) electrons. The number of allylic oxidation sites excluding steroid dienone is 2. The Morgan fingerprint density at radius 3 is 2.53 bits per heavy atom. The van der Waals surface area contributed by atoms with Gasteiger partial charge < -0.3 is 4.74 Å². The van der Waals surface area contributed by atoms with Crippen molar-refractivity contribution in [3.05, 3.63) is 70.5 Å². The molecule has 0 N–H and O–H groups in total. The second kappa shape index (κ2) is 10.3. The van der Waals surface area contributed by atoms with Crippen molar-refractivity contribution in [3.8, 4) is 0 Å². The van der Waals surface area contributed by atoms with Crippen LogP contribution in [0.15, 0.2) is 52.9 Å². The van der Waals surface area contributed by atoms with Gasteiger partial charge in [0.1, 0.15) is 5.82 Å². The quantitative estimate of drug-likeness (QED) is 0.259. The van der Waals surface area contributed by atoms with Crippen molar-refractivity contribution in [1.82, 2.24) is 0 Å². The van der Waals surface area contributed by atoms with Crippen molar-refractivity contribution in [3.63, 3.8) is 0 Å². The minimum atomic E-state index is -1.03. The van der Waals surface area contributed by atoms with Crippen LogP contribution < -0.4 is 0 Å². The Morgan fingerprint density at radius 1 is 1.13 bits per heavy atom. The standard InChI is InChI=1S/C24H24BrFO3S/c1-16-21(13-17-5-8-19(9-6-17)30(2)28)20-10-7-18(26)14-23(20)22(16)15-24(27)29-12-4-3-11-25/h5-10,13-14H,3-4,11-12,15H2,1-2H3/b21-13+. The van der Waals surface area contributed by atoms with E-state index in [2.05, 4.69) is 15.9 Å². The first kappa shape index (κ1) is 22.6. The Hall–Kier alpha value is -2.05. The maximum atomic E-state index is 14.0. The number of carbonyl (C=O) groups is 1. The molecule has 0 fully saturated rings. The maximum absolute atomic E-state index is 14.0. The summed E-state index contributed by atoms with van der Waals surface area (Å²) in [6.45, 7) is 2.34. The molecule has 0 aliphatic heterocycles. The summed E-state index contributed by atoms with van der Waals surface area (Å²) in [6.07, 6.45) is 5.53. The molecule has 0 spiro atoms. The van der Waals surface area contributed by atoms with Crippen LogP contribution in [0.5, 0.6) is 0 Å². The third-order valence-corrected chi connectivity index (χ3v) is 6.59. The summed E-state index contributed by atoms with van der Waals surface area (Å²) in [5, 5.41) is 0.880. The van der Waals surface area contributed by atoms with Crippen molar-refractivity contribution >= 4 is 49.9 Å². The molecule has 0 saturated carbocycles. The molecule has 0 amide bonds. The van der Waals surface area contributed by atoms with Gasteiger partial charge in [-0.15, -0.1) is 0 Å². The fourth-order valence-electron chi connectivity index (χ4n) is 3.48. The van der Waals surface area contributed by atoms with Gasteiger partial charge in [-0.05, 0) is 83.5 Å². The molecule has 0 aromatic heterocycles. The molecule has 2 aromatic rings. The Bertz CT molecular complexity index is 1030. The van der Waals surface area contributed by atoms with Crippen LogP contribution in [0.2, 0.25) is 0 Å². The van der Waals surface area contributed by atoms with Crippen molar-refractivity contribution in [1.29, 1.82) is 0 Å². The molecule has 30 heavy (non-hydrogen) atoms. The van der Waals surface area contributed by atoms with Crippen molar-refractivity contribution in [2.45, 2.75) is 31.1 Å². The Balaban J connectivity index is 1.90. The molecule has 1 unspecified atom stereocenters. The van der Waals surface area contributed by atoms with Crippen LogP contribution in [0.4, 0.5) is 4.39 Å². The number of halogens is 2. The number of hydrogen-bond donors (Lipinski definition) is 0. The van der Waals surface area contributed by atoms with Crippen LogP contribution in [0.3, 0.4) is 0 Å². The highest BCUT2D eigenvalue weighted by atomic mass is 79.9. The number of alkyl halides is 1. The lowest BCUT2D eigenvalue weighted by atomic mass is 10.0. The third kappa shape index (κ3) is 5.35. The summed E-state index contributed by atoms with van der Waals surface area (Å²) in [6, 6.07) is 12.2. The smallest absolute Gasteiger partial charge is 0.310 e. The highest BCUT2D eigenvalue weighted by Gasteiger charge is 2.26. The number of hydrogen-bond acceptors (Lipinski definition) is 3. The fourth-order valence-corrected chi connectivity index (χ4v) is 4.40. The number of fused-ring (bicyclic) bond motifs is 1. The van der Waals surface area contributed by atoms with E-state index in [9.17, 15) is 13.4 Å². The highest BCUT2D eigenvalue weighted by molar-refractivity contribution is 9.09. The molecular formula is C24H24BrFO3S. The first-order valence-electron chi connectivity index (χ1n) is 9.78. The number of esters is 1. The number of unbranched alkanes of at least 4 members (excludes halogenated alkanes) is 1. The van der Waals surface area contributed by atoms with E-state index in [1.165, 1.54) is 12.1 Å². The molecule has 1 atom stereocenters. The number of carbonyl (C=O) groups excluding carboxylic acids is 1. The van der Waals surface area contributed by atoms with Crippen LogP contribution in [-0.4, -0.2) is 28.4 Å². The third-order valence-electron chi connectivity index (χ3n) is 5.09. The summed E-state index contributed by atoms with van der Waals surface area (Å²) in [5.74, 6) is -0.633. The molecule has 1 aliphatic rings. The molecule has 2 aromatic carbocycles. The average molecular weight is 491 g/mol. The predicted molar refractivity (Wildman–Crippen MR) is 124 cm³/mol. The largest absolute Gasteiger partial charge is 0.465 e. The normalized spacial score (nSPS) is 15.4. The first-order chi connectivity index (χ1) is 14.4. The van der Waals surface area contributed by atoms with Crippen LogP contribution >= 0.6 is 15.9 Å². The molecule has 3 rings (SSSR count). The van der Waals surface area contributed by atoms with E-state index in [1.54, 1.807) is 12.3 Å². The van der Waals surface area contributed by atoms with Gasteiger partial charge in [-0.1, -0.05) is 34.1 Å². The van der Waals surface area contributed by atoms with E-state index in [4.69, 9.17) is 4.74 Å². The zero-order chi connectivity index (χ0) is 21.7. The Labute approximate surface area is 187 Å². The van der Waals surface area contributed by atoms with Gasteiger partial charge in [0.05, 0.1) is 13.0 Å². The van der Waals surface area contributed by atoms with Gasteiger partial charge in [-0.3, -0.25) is 9.00 Å². The Morgan fingerprint density at radius 2 is 1.87 bits per heavy atom. The molecule has 3 nitrogen and oxygen atoms in total. The van der Waals surface area contributed by atoms with E-state index in [-0.39, 0.29) is 18.2 Å². The van der Waals surface area contributed by atoms with Gasteiger partial charge in [0.2, 0.25) is 0 Å². The lowest BCUT2D eigenvalue weighted by molar-refractivity contribution is -0.142. The van der Waals surface area contributed by atoms with Crippen molar-refractivity contribution in [2.75, 3.05) is 18.2 Å². The topological polar surface area (TPSA) is 43.4 Å². The minimum absolute atomic E-state index is 0.113. The van der Waals surface area contributed by atoms with E-state index in [0.29, 0.717) is 6.61 Å². The number of benzene rings is 2. The van der Waals surface area contributed by atoms with E-state index < -0.39 is 10.8 Å². The fraction of sp³-hybridized carbons (Fsp3) is 0.292. The van der Waals surface area contributed by atoms with Gasteiger partial charge in [0, 0.05) is 27.3 Å². The van der Waals surface area contributed by atoms with E-state index in [0.717, 1.165) is 56.5 Å². The molecule has 0 bridgehead atoms. The zero-order valence-corrected chi connectivity index (χ0v) is 19.4. The highest BCUT2D eigenvalue weighted by Crippen LogP contribution is 2.44. The molecule has 1 aliphatic carbocycles. The van der Waals surface area contributed by atoms with Crippen LogP contribution in [0, 0.1) is 5.82 Å². The molecule has 6 heteroatoms. The van der Waals surface area contributed by atoms with E-state index >= 15 is 0 Å². The molecule has 0 heterocycles. The summed E-state index contributed by atoms with van der Waals surface area (Å²) in [7, 11) is -1.03. The maximum Gasteiger partial charge on any atom is 0.310 e. The second-order valence-electron chi connectivity index (χ2n) is 7.17. The van der Waals surface area contributed by atoms with E-state index in [1.807, 2.05) is 37.3 Å². The lowest BCUT2D eigenvalue weighted by Crippen LogP contribution is -2.07. The van der Waals surface area contributed by atoms with Gasteiger partial charge in [-0.2, -0.15) is 0 Å². The minimum Gasteiger partial charge on any atom is -0.465 e. The van der Waals surface area contributed by atoms with Gasteiger partial charge in [0.25, 0.3) is 0 Å². The predicted octanol–water partition coefficient (Wildman–Crippen LogP) is 6.00. The number of rotatable bonds is 8. The monoisotopic (exact) mass is 490 g/mol. The molecule has 0 saturated heterocycles.